The van der Waals surface area contributed by atoms with Crippen molar-refractivity contribution >= 4 is 11.7 Å². The van der Waals surface area contributed by atoms with E-state index in [-0.39, 0.29) is 11.6 Å². The second-order valence-electron chi connectivity index (χ2n) is 6.86. The van der Waals surface area contributed by atoms with Crippen LogP contribution < -0.4 is 10.4 Å². The number of hydrogen-bond donors (Lipinski definition) is 1. The van der Waals surface area contributed by atoms with Crippen LogP contribution in [0.4, 0.5) is 5.69 Å². The van der Waals surface area contributed by atoms with Gasteiger partial charge in [-0.3, -0.25) is 0 Å². The molecule has 3 nitrogen and oxygen atoms in total. The topological polar surface area (TPSA) is 52.2 Å². The number of hydrogen-bond acceptors (Lipinski definition) is 3. The van der Waals surface area contributed by atoms with E-state index in [1.165, 1.54) is 22.4 Å². The Kier molecular flexibility index (Phi) is 3.45. The summed E-state index contributed by atoms with van der Waals surface area (Å²) in [5.74, 6) is -0.241. The summed E-state index contributed by atoms with van der Waals surface area (Å²) in [7, 11) is 0. The molecule has 3 heteroatoms. The number of benzene rings is 2. The van der Waals surface area contributed by atoms with Crippen LogP contribution in [0.5, 0.6) is 0 Å². The number of carboxylic acids is 1. The molecule has 0 spiro atoms. The molecule has 0 unspecified atom stereocenters. The molecular formula is C21H20NO2-. The van der Waals surface area contributed by atoms with E-state index in [0.29, 0.717) is 11.8 Å². The van der Waals surface area contributed by atoms with Gasteiger partial charge < -0.3 is 15.2 Å². The standard InChI is InChI=1S/C21H21NO2/c1-12-6-11-18-16-4-3-5-17(16)20(22-19(18)13(12)2)14-7-9-15(10-8-14)21(23)24/h3-4,6-11,16-17,20,22H,5H2,1-2H3,(H,23,24)/p-1/t16-,17-,20-/m1/s1. The fourth-order valence-electron chi connectivity index (χ4n) is 4.08. The lowest BCUT2D eigenvalue weighted by Crippen LogP contribution is -2.30. The number of carbonyl (C=O) groups excluding carboxylic acids is 1. The van der Waals surface area contributed by atoms with Crippen molar-refractivity contribution in [1.82, 2.24) is 0 Å². The molecule has 1 aliphatic carbocycles. The third kappa shape index (κ3) is 2.23. The quantitative estimate of drug-likeness (QED) is 0.862. The van der Waals surface area contributed by atoms with E-state index in [9.17, 15) is 9.90 Å². The van der Waals surface area contributed by atoms with Gasteiger partial charge in [-0.15, -0.1) is 0 Å². The molecule has 3 atom stereocenters. The van der Waals surface area contributed by atoms with Crippen LogP contribution in [0.25, 0.3) is 0 Å². The normalized spacial score (nSPS) is 24.2. The highest BCUT2D eigenvalue weighted by Crippen LogP contribution is 2.50. The zero-order chi connectivity index (χ0) is 16.8. The highest BCUT2D eigenvalue weighted by Gasteiger charge is 2.38. The number of rotatable bonds is 2. The van der Waals surface area contributed by atoms with E-state index in [4.69, 9.17) is 0 Å². The van der Waals surface area contributed by atoms with Crippen LogP contribution in [0.1, 0.15) is 51.0 Å². The second kappa shape index (κ2) is 5.52. The third-order valence-corrected chi connectivity index (χ3v) is 5.57. The monoisotopic (exact) mass is 318 g/mol. The molecule has 0 radical (unpaired) electrons. The first kappa shape index (κ1) is 15.0. The summed E-state index contributed by atoms with van der Waals surface area (Å²) >= 11 is 0. The van der Waals surface area contributed by atoms with Crippen molar-refractivity contribution in [2.24, 2.45) is 5.92 Å². The second-order valence-corrected chi connectivity index (χ2v) is 6.86. The number of aromatic carboxylic acids is 1. The molecule has 2 aliphatic rings. The molecule has 0 saturated heterocycles. The SMILES string of the molecule is Cc1ccc2c(c1C)N[C@H](c1ccc(C(=O)[O-])cc1)[C@@H]1CC=C[C@@H]21. The van der Waals surface area contributed by atoms with Crippen molar-refractivity contribution in [2.75, 3.05) is 5.32 Å². The molecule has 1 aliphatic heterocycles. The Hall–Kier alpha value is -2.55. The van der Waals surface area contributed by atoms with Gasteiger partial charge in [0.2, 0.25) is 0 Å². The molecule has 2 aromatic carbocycles. The van der Waals surface area contributed by atoms with E-state index in [1.54, 1.807) is 12.1 Å². The van der Waals surface area contributed by atoms with Gasteiger partial charge in [0.15, 0.2) is 0 Å². The minimum Gasteiger partial charge on any atom is -0.545 e. The first-order valence-electron chi connectivity index (χ1n) is 8.41. The molecule has 24 heavy (non-hydrogen) atoms. The summed E-state index contributed by atoms with van der Waals surface area (Å²) < 4.78 is 0. The molecule has 0 aromatic heterocycles. The summed E-state index contributed by atoms with van der Waals surface area (Å²) in [6, 6.07) is 11.7. The van der Waals surface area contributed by atoms with Crippen LogP contribution in [-0.4, -0.2) is 5.97 Å². The highest BCUT2D eigenvalue weighted by molar-refractivity contribution is 5.85. The van der Waals surface area contributed by atoms with Gasteiger partial charge in [-0.05, 0) is 54.0 Å². The minimum absolute atomic E-state index is 0.189. The maximum Gasteiger partial charge on any atom is 0.0715 e. The van der Waals surface area contributed by atoms with Gasteiger partial charge in [-0.25, -0.2) is 0 Å². The predicted octanol–water partition coefficient (Wildman–Crippen LogP) is 3.49. The van der Waals surface area contributed by atoms with E-state index in [0.717, 1.165) is 12.0 Å². The van der Waals surface area contributed by atoms with Crippen LogP contribution in [0.2, 0.25) is 0 Å². The van der Waals surface area contributed by atoms with Crippen molar-refractivity contribution in [1.29, 1.82) is 0 Å². The van der Waals surface area contributed by atoms with Crippen molar-refractivity contribution in [2.45, 2.75) is 32.2 Å². The van der Waals surface area contributed by atoms with Gasteiger partial charge in [-0.2, -0.15) is 0 Å². The Balaban J connectivity index is 1.77. The van der Waals surface area contributed by atoms with Crippen molar-refractivity contribution in [3.63, 3.8) is 0 Å². The minimum atomic E-state index is -1.13. The molecule has 1 heterocycles. The Morgan fingerprint density at radius 1 is 1.12 bits per heavy atom. The maximum absolute atomic E-state index is 11.0. The lowest BCUT2D eigenvalue weighted by atomic mass is 9.76. The number of aryl methyl sites for hydroxylation is 1. The van der Waals surface area contributed by atoms with E-state index >= 15 is 0 Å². The zero-order valence-electron chi connectivity index (χ0n) is 13.9. The molecular weight excluding hydrogens is 298 g/mol. The van der Waals surface area contributed by atoms with Crippen LogP contribution in [-0.2, 0) is 0 Å². The van der Waals surface area contributed by atoms with Gasteiger partial charge in [0, 0.05) is 11.6 Å². The summed E-state index contributed by atoms with van der Waals surface area (Å²) in [6.07, 6.45) is 5.63. The lowest BCUT2D eigenvalue weighted by molar-refractivity contribution is -0.255. The van der Waals surface area contributed by atoms with Crippen LogP contribution >= 0.6 is 0 Å². The van der Waals surface area contributed by atoms with Gasteiger partial charge in [-0.1, -0.05) is 48.6 Å². The first-order chi connectivity index (χ1) is 11.6. The van der Waals surface area contributed by atoms with E-state index in [2.05, 4.69) is 43.4 Å². The maximum atomic E-state index is 11.0. The molecule has 0 fully saturated rings. The van der Waals surface area contributed by atoms with Gasteiger partial charge in [0.1, 0.15) is 0 Å². The number of nitrogens with one attached hydrogen (secondary N) is 1. The van der Waals surface area contributed by atoms with Crippen molar-refractivity contribution in [3.8, 4) is 0 Å². The van der Waals surface area contributed by atoms with Crippen LogP contribution in [0.15, 0.2) is 48.6 Å². The van der Waals surface area contributed by atoms with E-state index in [1.807, 2.05) is 12.1 Å². The molecule has 0 amide bonds. The Labute approximate surface area is 142 Å². The number of fused-ring (bicyclic) bond motifs is 3. The predicted molar refractivity (Wildman–Crippen MR) is 93.0 cm³/mol. The smallest absolute Gasteiger partial charge is 0.0715 e. The van der Waals surface area contributed by atoms with E-state index < -0.39 is 5.97 Å². The molecule has 0 saturated carbocycles. The average Bonchev–Trinajstić information content (AvgIpc) is 3.07. The summed E-state index contributed by atoms with van der Waals surface area (Å²) in [4.78, 5) is 11.0. The molecule has 0 bridgehead atoms. The number of allylic oxidation sites excluding steroid dienone is 2. The lowest BCUT2D eigenvalue weighted by Gasteiger charge is -2.38. The number of carbonyl (C=O) groups is 1. The number of anilines is 1. The fraction of sp³-hybridized carbons (Fsp3) is 0.286. The molecule has 122 valence electrons. The van der Waals surface area contributed by atoms with Crippen LogP contribution in [0, 0.1) is 19.8 Å². The third-order valence-electron chi connectivity index (χ3n) is 5.57. The van der Waals surface area contributed by atoms with Crippen molar-refractivity contribution in [3.05, 3.63) is 76.4 Å². The Morgan fingerprint density at radius 3 is 2.58 bits per heavy atom. The Morgan fingerprint density at radius 2 is 1.88 bits per heavy atom. The first-order valence-corrected chi connectivity index (χ1v) is 8.41. The van der Waals surface area contributed by atoms with Crippen LogP contribution in [0.3, 0.4) is 0 Å². The zero-order valence-corrected chi connectivity index (χ0v) is 13.9. The largest absolute Gasteiger partial charge is 0.545 e. The summed E-state index contributed by atoms with van der Waals surface area (Å²) in [5, 5.41) is 14.7. The molecule has 1 N–H and O–H groups in total. The average molecular weight is 318 g/mol. The summed E-state index contributed by atoms with van der Waals surface area (Å²) in [6.45, 7) is 4.30. The van der Waals surface area contributed by atoms with Gasteiger partial charge in [0.25, 0.3) is 0 Å². The fourth-order valence-corrected chi connectivity index (χ4v) is 4.08. The number of carboxylic acid groups (broad SMARTS) is 1. The molecule has 4 rings (SSSR count). The summed E-state index contributed by atoms with van der Waals surface area (Å²) in [5.41, 5.74) is 6.54. The van der Waals surface area contributed by atoms with Gasteiger partial charge in [0.05, 0.1) is 12.0 Å². The van der Waals surface area contributed by atoms with Crippen molar-refractivity contribution < 1.29 is 9.90 Å². The highest BCUT2D eigenvalue weighted by atomic mass is 16.4. The Bertz CT molecular complexity index is 836. The van der Waals surface area contributed by atoms with Gasteiger partial charge >= 0.3 is 0 Å². The molecule has 2 aromatic rings.